The van der Waals surface area contributed by atoms with Gasteiger partial charge in [0.25, 0.3) is 0 Å². The van der Waals surface area contributed by atoms with Crippen molar-refractivity contribution >= 4 is 11.9 Å². The topological polar surface area (TPSA) is 52.6 Å². The Bertz CT molecular complexity index is 206. The first-order valence-electron chi connectivity index (χ1n) is 5.03. The van der Waals surface area contributed by atoms with Gasteiger partial charge >= 0.3 is 11.9 Å². The van der Waals surface area contributed by atoms with Crippen molar-refractivity contribution in [3.8, 4) is 0 Å². The maximum absolute atomic E-state index is 11.7. The Balaban J connectivity index is 3.97. The van der Waals surface area contributed by atoms with Crippen LogP contribution in [0.15, 0.2) is 0 Å². The van der Waals surface area contributed by atoms with Crippen LogP contribution >= 0.6 is 0 Å². The minimum Gasteiger partial charge on any atom is -0.466 e. The molecular weight excluding hydrogens is 203 g/mol. The SMILES string of the molecule is CCOC(=O)C(CC)CC(=O)OCCF. The van der Waals surface area contributed by atoms with Gasteiger partial charge in [0.2, 0.25) is 0 Å². The molecule has 0 aliphatic carbocycles. The Morgan fingerprint density at radius 3 is 2.40 bits per heavy atom. The van der Waals surface area contributed by atoms with Crippen LogP contribution in [-0.2, 0) is 19.1 Å². The molecule has 0 rings (SSSR count). The average Bonchev–Trinajstić information content (AvgIpc) is 2.23. The van der Waals surface area contributed by atoms with Gasteiger partial charge in [0.05, 0.1) is 18.9 Å². The van der Waals surface area contributed by atoms with E-state index in [4.69, 9.17) is 4.74 Å². The van der Waals surface area contributed by atoms with E-state index in [9.17, 15) is 14.0 Å². The van der Waals surface area contributed by atoms with Crippen molar-refractivity contribution in [1.82, 2.24) is 0 Å². The summed E-state index contributed by atoms with van der Waals surface area (Å²) in [7, 11) is 0. The number of alkyl halides is 1. The molecule has 4 nitrogen and oxygen atoms in total. The lowest BCUT2D eigenvalue weighted by atomic mass is 10.0. The fourth-order valence-electron chi connectivity index (χ4n) is 1.07. The predicted molar refractivity (Wildman–Crippen MR) is 52.0 cm³/mol. The van der Waals surface area contributed by atoms with Gasteiger partial charge in [-0.05, 0) is 13.3 Å². The smallest absolute Gasteiger partial charge is 0.309 e. The summed E-state index contributed by atoms with van der Waals surface area (Å²) >= 11 is 0. The predicted octanol–water partition coefficient (Wildman–Crippen LogP) is 1.48. The molecule has 0 N–H and O–H groups in total. The number of esters is 2. The van der Waals surface area contributed by atoms with Gasteiger partial charge in [-0.25, -0.2) is 4.39 Å². The van der Waals surface area contributed by atoms with Crippen molar-refractivity contribution in [1.29, 1.82) is 0 Å². The Hall–Kier alpha value is -1.13. The van der Waals surface area contributed by atoms with Gasteiger partial charge in [-0.3, -0.25) is 9.59 Å². The number of rotatable bonds is 7. The number of hydrogen-bond donors (Lipinski definition) is 0. The van der Waals surface area contributed by atoms with Crippen LogP contribution < -0.4 is 0 Å². The molecule has 1 atom stereocenters. The quantitative estimate of drug-likeness (QED) is 0.610. The zero-order valence-electron chi connectivity index (χ0n) is 9.12. The average molecular weight is 220 g/mol. The van der Waals surface area contributed by atoms with E-state index in [0.29, 0.717) is 6.42 Å². The van der Waals surface area contributed by atoms with E-state index in [2.05, 4.69) is 4.74 Å². The summed E-state index contributed by atoms with van der Waals surface area (Å²) in [5.41, 5.74) is 0. The van der Waals surface area contributed by atoms with Gasteiger partial charge in [0, 0.05) is 0 Å². The van der Waals surface area contributed by atoms with Crippen LogP contribution in [0, 0.1) is 5.92 Å². The number of hydrogen-bond acceptors (Lipinski definition) is 4. The molecule has 0 aromatic rings. The van der Waals surface area contributed by atoms with Crippen molar-refractivity contribution in [3.05, 3.63) is 0 Å². The lowest BCUT2D eigenvalue weighted by Gasteiger charge is -2.12. The van der Waals surface area contributed by atoms with Crippen LogP contribution in [0.1, 0.15) is 26.7 Å². The lowest BCUT2D eigenvalue weighted by molar-refractivity contribution is -0.155. The van der Waals surface area contributed by atoms with Crippen LogP contribution in [0.2, 0.25) is 0 Å². The van der Waals surface area contributed by atoms with Crippen LogP contribution in [0.4, 0.5) is 4.39 Å². The van der Waals surface area contributed by atoms with E-state index in [1.165, 1.54) is 0 Å². The number of carbonyl (C=O) groups excluding carboxylic acids is 2. The number of ether oxygens (including phenoxy) is 2. The summed E-state index contributed by atoms with van der Waals surface area (Å²) in [6.45, 7) is 2.81. The molecule has 0 radical (unpaired) electrons. The minimum atomic E-state index is -0.706. The van der Waals surface area contributed by atoms with E-state index in [0.717, 1.165) is 0 Å². The van der Waals surface area contributed by atoms with Crippen molar-refractivity contribution in [2.45, 2.75) is 26.7 Å². The van der Waals surface area contributed by atoms with Crippen molar-refractivity contribution in [2.75, 3.05) is 19.9 Å². The van der Waals surface area contributed by atoms with E-state index in [-0.39, 0.29) is 19.6 Å². The summed E-state index contributed by atoms with van der Waals surface area (Å²) in [5.74, 6) is -1.46. The second-order valence-corrected chi connectivity index (χ2v) is 2.97. The van der Waals surface area contributed by atoms with Gasteiger partial charge in [-0.2, -0.15) is 0 Å². The third-order valence-corrected chi connectivity index (χ3v) is 1.87. The molecule has 0 aliphatic heterocycles. The van der Waals surface area contributed by atoms with Gasteiger partial charge in [0.1, 0.15) is 13.3 Å². The van der Waals surface area contributed by atoms with E-state index in [1.807, 2.05) is 0 Å². The first-order chi connectivity index (χ1) is 7.15. The lowest BCUT2D eigenvalue weighted by Crippen LogP contribution is -2.22. The Kier molecular flexibility index (Phi) is 7.58. The highest BCUT2D eigenvalue weighted by atomic mass is 19.1. The molecule has 88 valence electrons. The maximum atomic E-state index is 11.7. The number of carbonyl (C=O) groups is 2. The molecule has 0 amide bonds. The molecule has 0 aromatic carbocycles. The monoisotopic (exact) mass is 220 g/mol. The third kappa shape index (κ3) is 6.04. The van der Waals surface area contributed by atoms with Crippen LogP contribution in [0.3, 0.4) is 0 Å². The van der Waals surface area contributed by atoms with Crippen molar-refractivity contribution < 1.29 is 23.5 Å². The Labute approximate surface area is 88.7 Å². The van der Waals surface area contributed by atoms with E-state index < -0.39 is 24.5 Å². The molecule has 0 heterocycles. The molecule has 0 fully saturated rings. The van der Waals surface area contributed by atoms with E-state index >= 15 is 0 Å². The van der Waals surface area contributed by atoms with Crippen molar-refractivity contribution in [2.24, 2.45) is 5.92 Å². The molecule has 0 bridgehead atoms. The molecule has 0 saturated heterocycles. The van der Waals surface area contributed by atoms with Crippen LogP contribution in [0.25, 0.3) is 0 Å². The first-order valence-corrected chi connectivity index (χ1v) is 5.03. The third-order valence-electron chi connectivity index (χ3n) is 1.87. The van der Waals surface area contributed by atoms with E-state index in [1.54, 1.807) is 13.8 Å². The fourth-order valence-corrected chi connectivity index (χ4v) is 1.07. The molecule has 0 aromatic heterocycles. The standard InChI is InChI=1S/C10H17FO4/c1-3-8(10(13)14-4-2)7-9(12)15-6-5-11/h8H,3-7H2,1-2H3. The largest absolute Gasteiger partial charge is 0.466 e. The normalized spacial score (nSPS) is 11.9. The zero-order valence-corrected chi connectivity index (χ0v) is 9.12. The summed E-state index contributed by atoms with van der Waals surface area (Å²) in [4.78, 5) is 22.4. The minimum absolute atomic E-state index is 0.0463. The zero-order chi connectivity index (χ0) is 11.7. The van der Waals surface area contributed by atoms with Gasteiger partial charge in [-0.15, -0.1) is 0 Å². The highest BCUT2D eigenvalue weighted by Crippen LogP contribution is 2.11. The second kappa shape index (κ2) is 8.20. The van der Waals surface area contributed by atoms with Crippen molar-refractivity contribution in [3.63, 3.8) is 0 Å². The highest BCUT2D eigenvalue weighted by molar-refractivity contribution is 5.79. The summed E-state index contributed by atoms with van der Waals surface area (Å²) in [5, 5.41) is 0. The molecule has 5 heteroatoms. The molecular formula is C10H17FO4. The first kappa shape index (κ1) is 13.9. The number of halogens is 1. The Morgan fingerprint density at radius 2 is 1.93 bits per heavy atom. The van der Waals surface area contributed by atoms with Crippen LogP contribution in [-0.4, -0.2) is 31.8 Å². The van der Waals surface area contributed by atoms with Gasteiger partial charge in [0.15, 0.2) is 0 Å². The highest BCUT2D eigenvalue weighted by Gasteiger charge is 2.21. The maximum Gasteiger partial charge on any atom is 0.309 e. The second-order valence-electron chi connectivity index (χ2n) is 2.97. The Morgan fingerprint density at radius 1 is 1.27 bits per heavy atom. The molecule has 15 heavy (non-hydrogen) atoms. The summed E-state index contributed by atoms with van der Waals surface area (Å²) < 4.78 is 21.0. The molecule has 1 unspecified atom stereocenters. The molecule has 0 saturated carbocycles. The van der Waals surface area contributed by atoms with Crippen LogP contribution in [0.5, 0.6) is 0 Å². The summed E-state index contributed by atoms with van der Waals surface area (Å²) in [6.07, 6.45) is 0.457. The molecule has 0 spiro atoms. The van der Waals surface area contributed by atoms with Gasteiger partial charge < -0.3 is 9.47 Å². The molecule has 0 aliphatic rings. The van der Waals surface area contributed by atoms with Gasteiger partial charge in [-0.1, -0.05) is 6.92 Å². The fraction of sp³-hybridized carbons (Fsp3) is 0.800. The summed E-state index contributed by atoms with van der Waals surface area (Å²) in [6, 6.07) is 0.